The first-order valence-electron chi connectivity index (χ1n) is 4.82. The van der Waals surface area contributed by atoms with Gasteiger partial charge in [0.25, 0.3) is 0 Å². The van der Waals surface area contributed by atoms with E-state index in [0.29, 0.717) is 0 Å². The van der Waals surface area contributed by atoms with Gasteiger partial charge in [-0.2, -0.15) is 0 Å². The number of fused-ring (bicyclic) bond motifs is 1. The van der Waals surface area contributed by atoms with Crippen molar-refractivity contribution < 1.29 is 0 Å². The smallest absolute Gasteiger partial charge is 0.0441 e. The molecular weight excluding hydrogens is 182 g/mol. The molecule has 2 N–H and O–H groups in total. The first-order chi connectivity index (χ1) is 6.29. The Morgan fingerprint density at radius 1 is 1.31 bits per heavy atom. The minimum absolute atomic E-state index is 0.191. The van der Waals surface area contributed by atoms with Crippen LogP contribution in [0.25, 0.3) is 0 Å². The zero-order chi connectivity index (χ0) is 9.26. The first-order valence-corrected chi connectivity index (χ1v) is 5.19. The van der Waals surface area contributed by atoms with Gasteiger partial charge in [0, 0.05) is 11.1 Å². The van der Waals surface area contributed by atoms with Crippen LogP contribution in [0.15, 0.2) is 18.2 Å². The summed E-state index contributed by atoms with van der Waals surface area (Å²) >= 11 is 6.12. The SMILES string of the molecule is N[C@@H]1CCCCc2c(Cl)cccc21. The molecule has 0 aliphatic heterocycles. The molecule has 1 aromatic carbocycles. The van der Waals surface area contributed by atoms with Crippen LogP contribution >= 0.6 is 11.6 Å². The molecule has 1 aliphatic carbocycles. The van der Waals surface area contributed by atoms with Gasteiger partial charge in [0.2, 0.25) is 0 Å². The van der Waals surface area contributed by atoms with Crippen molar-refractivity contribution in [3.63, 3.8) is 0 Å². The van der Waals surface area contributed by atoms with Crippen molar-refractivity contribution in [3.05, 3.63) is 34.3 Å². The Labute approximate surface area is 83.9 Å². The van der Waals surface area contributed by atoms with Crippen LogP contribution in [0.1, 0.15) is 36.4 Å². The molecular formula is C11H14ClN. The Morgan fingerprint density at radius 2 is 2.15 bits per heavy atom. The van der Waals surface area contributed by atoms with Gasteiger partial charge in [0.1, 0.15) is 0 Å². The molecule has 70 valence electrons. The van der Waals surface area contributed by atoms with Gasteiger partial charge < -0.3 is 5.73 Å². The normalized spacial score (nSPS) is 22.2. The zero-order valence-corrected chi connectivity index (χ0v) is 8.35. The third-order valence-electron chi connectivity index (χ3n) is 2.75. The monoisotopic (exact) mass is 195 g/mol. The minimum atomic E-state index is 0.191. The van der Waals surface area contributed by atoms with Crippen molar-refractivity contribution in [3.8, 4) is 0 Å². The van der Waals surface area contributed by atoms with Crippen LogP contribution in [0.4, 0.5) is 0 Å². The fourth-order valence-electron chi connectivity index (χ4n) is 2.01. The largest absolute Gasteiger partial charge is 0.324 e. The van der Waals surface area contributed by atoms with E-state index >= 15 is 0 Å². The van der Waals surface area contributed by atoms with E-state index in [2.05, 4.69) is 6.07 Å². The second-order valence-corrected chi connectivity index (χ2v) is 4.07. The summed E-state index contributed by atoms with van der Waals surface area (Å²) in [7, 11) is 0. The van der Waals surface area contributed by atoms with E-state index in [-0.39, 0.29) is 6.04 Å². The summed E-state index contributed by atoms with van der Waals surface area (Å²) in [5.74, 6) is 0. The van der Waals surface area contributed by atoms with E-state index in [1.807, 2.05) is 12.1 Å². The fourth-order valence-corrected chi connectivity index (χ4v) is 2.28. The number of hydrogen-bond donors (Lipinski definition) is 1. The lowest BCUT2D eigenvalue weighted by Crippen LogP contribution is -2.10. The molecule has 0 unspecified atom stereocenters. The van der Waals surface area contributed by atoms with Crippen LogP contribution in [0, 0.1) is 0 Å². The van der Waals surface area contributed by atoms with Gasteiger partial charge in [-0.25, -0.2) is 0 Å². The Balaban J connectivity index is 2.47. The van der Waals surface area contributed by atoms with Crippen LogP contribution in [0.3, 0.4) is 0 Å². The quantitative estimate of drug-likeness (QED) is 0.633. The average molecular weight is 196 g/mol. The molecule has 13 heavy (non-hydrogen) atoms. The molecule has 0 saturated heterocycles. The molecule has 1 aliphatic rings. The number of hydrogen-bond acceptors (Lipinski definition) is 1. The number of nitrogens with two attached hydrogens (primary N) is 1. The summed E-state index contributed by atoms with van der Waals surface area (Å²) in [6.07, 6.45) is 4.60. The molecule has 0 saturated carbocycles. The first kappa shape index (κ1) is 9.04. The molecule has 0 aromatic heterocycles. The summed E-state index contributed by atoms with van der Waals surface area (Å²) in [6, 6.07) is 6.25. The van der Waals surface area contributed by atoms with E-state index < -0.39 is 0 Å². The van der Waals surface area contributed by atoms with Crippen molar-refractivity contribution in [2.75, 3.05) is 0 Å². The molecule has 0 fully saturated rings. The predicted octanol–water partition coefficient (Wildman–Crippen LogP) is 3.07. The summed E-state index contributed by atoms with van der Waals surface area (Å²) < 4.78 is 0. The third kappa shape index (κ3) is 1.72. The number of halogens is 1. The van der Waals surface area contributed by atoms with Gasteiger partial charge in [-0.15, -0.1) is 0 Å². The Morgan fingerprint density at radius 3 is 3.00 bits per heavy atom. The highest BCUT2D eigenvalue weighted by atomic mass is 35.5. The van der Waals surface area contributed by atoms with Crippen molar-refractivity contribution in [1.82, 2.24) is 0 Å². The van der Waals surface area contributed by atoms with Gasteiger partial charge in [-0.3, -0.25) is 0 Å². The lowest BCUT2D eigenvalue weighted by molar-refractivity contribution is 0.615. The van der Waals surface area contributed by atoms with Gasteiger partial charge in [0.15, 0.2) is 0 Å². The van der Waals surface area contributed by atoms with Gasteiger partial charge >= 0.3 is 0 Å². The lowest BCUT2D eigenvalue weighted by atomic mass is 10.00. The highest BCUT2D eigenvalue weighted by Gasteiger charge is 2.16. The van der Waals surface area contributed by atoms with E-state index in [4.69, 9.17) is 17.3 Å². The van der Waals surface area contributed by atoms with Crippen LogP contribution < -0.4 is 5.73 Å². The van der Waals surface area contributed by atoms with Crippen molar-refractivity contribution >= 4 is 11.6 Å². The summed E-state index contributed by atoms with van der Waals surface area (Å²) in [6.45, 7) is 0. The maximum Gasteiger partial charge on any atom is 0.0441 e. The van der Waals surface area contributed by atoms with Crippen LogP contribution in [-0.4, -0.2) is 0 Å². The number of rotatable bonds is 0. The van der Waals surface area contributed by atoms with E-state index in [1.165, 1.54) is 24.0 Å². The number of benzene rings is 1. The van der Waals surface area contributed by atoms with E-state index in [9.17, 15) is 0 Å². The average Bonchev–Trinajstić information content (AvgIpc) is 2.30. The molecule has 2 rings (SSSR count). The molecule has 1 nitrogen and oxygen atoms in total. The molecule has 1 aromatic rings. The highest BCUT2D eigenvalue weighted by Crippen LogP contribution is 2.31. The van der Waals surface area contributed by atoms with Crippen LogP contribution in [0.2, 0.25) is 5.02 Å². The van der Waals surface area contributed by atoms with Gasteiger partial charge in [0.05, 0.1) is 0 Å². The fraction of sp³-hybridized carbons (Fsp3) is 0.455. The third-order valence-corrected chi connectivity index (χ3v) is 3.10. The Kier molecular flexibility index (Phi) is 2.56. The topological polar surface area (TPSA) is 26.0 Å². The van der Waals surface area contributed by atoms with Crippen molar-refractivity contribution in [1.29, 1.82) is 0 Å². The summed E-state index contributed by atoms with van der Waals surface area (Å²) in [5, 5.41) is 0.884. The van der Waals surface area contributed by atoms with Crippen LogP contribution in [0.5, 0.6) is 0 Å². The second-order valence-electron chi connectivity index (χ2n) is 3.66. The van der Waals surface area contributed by atoms with Crippen LogP contribution in [-0.2, 0) is 6.42 Å². The Bertz CT molecular complexity index is 309. The molecule has 0 radical (unpaired) electrons. The van der Waals surface area contributed by atoms with E-state index in [0.717, 1.165) is 17.9 Å². The summed E-state index contributed by atoms with van der Waals surface area (Å²) in [4.78, 5) is 0. The maximum atomic E-state index is 6.12. The minimum Gasteiger partial charge on any atom is -0.324 e. The zero-order valence-electron chi connectivity index (χ0n) is 7.59. The van der Waals surface area contributed by atoms with Crippen molar-refractivity contribution in [2.45, 2.75) is 31.7 Å². The Hall–Kier alpha value is -0.530. The maximum absolute atomic E-state index is 6.12. The molecule has 0 heterocycles. The van der Waals surface area contributed by atoms with E-state index in [1.54, 1.807) is 0 Å². The molecule has 2 heteroatoms. The van der Waals surface area contributed by atoms with Crippen molar-refractivity contribution in [2.24, 2.45) is 5.73 Å². The molecule has 0 spiro atoms. The van der Waals surface area contributed by atoms with Gasteiger partial charge in [-0.1, -0.05) is 30.2 Å². The molecule has 0 amide bonds. The highest BCUT2D eigenvalue weighted by molar-refractivity contribution is 6.31. The lowest BCUT2D eigenvalue weighted by Gasteiger charge is -2.12. The molecule has 0 bridgehead atoms. The second kappa shape index (κ2) is 3.69. The molecule has 1 atom stereocenters. The predicted molar refractivity (Wildman–Crippen MR) is 55.9 cm³/mol. The standard InChI is InChI=1S/C11H14ClN/c12-10-6-3-5-9-8(10)4-1-2-7-11(9)13/h3,5-6,11H,1-2,4,7,13H2/t11-/m1/s1. The van der Waals surface area contributed by atoms with Gasteiger partial charge in [-0.05, 0) is 36.5 Å². The summed E-state index contributed by atoms with van der Waals surface area (Å²) in [5.41, 5.74) is 8.58.